The lowest BCUT2D eigenvalue weighted by atomic mass is 10.1. The molecule has 8 nitrogen and oxygen atoms in total. The lowest BCUT2D eigenvalue weighted by Gasteiger charge is -2.21. The molecule has 0 radical (unpaired) electrons. The second-order valence-corrected chi connectivity index (χ2v) is 8.62. The number of nitrogens with zero attached hydrogens (tertiary/aromatic N) is 2. The molecule has 1 amide bonds. The number of carbonyl (C=O) groups excluding carboxylic acids is 1. The molecule has 154 valence electrons. The lowest BCUT2D eigenvalue weighted by Crippen LogP contribution is -2.33. The van der Waals surface area contributed by atoms with Crippen LogP contribution >= 0.6 is 0 Å². The van der Waals surface area contributed by atoms with Crippen LogP contribution in [0, 0.1) is 10.1 Å². The Morgan fingerprint density at radius 3 is 2.38 bits per heavy atom. The predicted molar refractivity (Wildman–Crippen MR) is 111 cm³/mol. The number of nitrogens with one attached hydrogen (secondary N) is 1. The zero-order valence-corrected chi connectivity index (χ0v) is 17.2. The monoisotopic (exact) mass is 417 g/mol. The second kappa shape index (κ2) is 9.44. The first-order valence-corrected chi connectivity index (χ1v) is 10.3. The summed E-state index contributed by atoms with van der Waals surface area (Å²) in [6.45, 7) is 3.78. The van der Waals surface area contributed by atoms with Crippen molar-refractivity contribution in [3.8, 4) is 0 Å². The molecule has 0 aliphatic carbocycles. The van der Waals surface area contributed by atoms with Gasteiger partial charge in [0.1, 0.15) is 0 Å². The molecule has 29 heavy (non-hydrogen) atoms. The van der Waals surface area contributed by atoms with Gasteiger partial charge in [-0.2, -0.15) is 4.31 Å². The van der Waals surface area contributed by atoms with E-state index < -0.39 is 20.9 Å². The molecule has 2 rings (SSSR count). The Hall–Kier alpha value is -3.04. The molecule has 9 heteroatoms. The lowest BCUT2D eigenvalue weighted by molar-refractivity contribution is -0.385. The van der Waals surface area contributed by atoms with Crippen molar-refractivity contribution in [3.05, 3.63) is 75.8 Å². The van der Waals surface area contributed by atoms with Gasteiger partial charge < -0.3 is 5.32 Å². The third-order valence-corrected chi connectivity index (χ3v) is 6.39. The molecule has 0 unspecified atom stereocenters. The highest BCUT2D eigenvalue weighted by Gasteiger charge is 2.22. The van der Waals surface area contributed by atoms with Gasteiger partial charge >= 0.3 is 0 Å². The van der Waals surface area contributed by atoms with E-state index in [1.165, 1.54) is 41.7 Å². The van der Waals surface area contributed by atoms with Crippen molar-refractivity contribution in [1.82, 2.24) is 9.62 Å². The molecule has 2 aromatic carbocycles. The molecule has 0 aromatic heterocycles. The van der Waals surface area contributed by atoms with Crippen LogP contribution in [-0.4, -0.2) is 36.6 Å². The highest BCUT2D eigenvalue weighted by molar-refractivity contribution is 7.89. The zero-order chi connectivity index (χ0) is 21.6. The minimum Gasteiger partial charge on any atom is -0.348 e. The smallest absolute Gasteiger partial charge is 0.276 e. The van der Waals surface area contributed by atoms with Crippen molar-refractivity contribution in [2.24, 2.45) is 0 Å². The molecule has 0 saturated heterocycles. The Morgan fingerprint density at radius 2 is 1.79 bits per heavy atom. The van der Waals surface area contributed by atoms with Crippen molar-refractivity contribution < 1.29 is 18.1 Å². The van der Waals surface area contributed by atoms with E-state index in [9.17, 15) is 23.3 Å². The van der Waals surface area contributed by atoms with E-state index >= 15 is 0 Å². The number of rotatable bonds is 8. The van der Waals surface area contributed by atoms with Gasteiger partial charge in [0, 0.05) is 31.8 Å². The van der Waals surface area contributed by atoms with Crippen LogP contribution < -0.4 is 5.32 Å². The normalized spacial score (nSPS) is 11.9. The van der Waals surface area contributed by atoms with Gasteiger partial charge in [-0.05, 0) is 43.7 Å². The number of hydrogen-bond acceptors (Lipinski definition) is 5. The first kappa shape index (κ1) is 22.3. The average Bonchev–Trinajstić information content (AvgIpc) is 2.70. The molecule has 0 fully saturated rings. The van der Waals surface area contributed by atoms with Gasteiger partial charge in [-0.1, -0.05) is 24.3 Å². The van der Waals surface area contributed by atoms with Crippen LogP contribution in [-0.2, 0) is 21.4 Å². The van der Waals surface area contributed by atoms with Crippen molar-refractivity contribution >= 4 is 27.7 Å². The number of sulfonamides is 1. The summed E-state index contributed by atoms with van der Waals surface area (Å²) < 4.78 is 26.2. The van der Waals surface area contributed by atoms with Crippen molar-refractivity contribution in [1.29, 1.82) is 0 Å². The summed E-state index contributed by atoms with van der Waals surface area (Å²) in [5.74, 6) is -0.417. The molecule has 0 heterocycles. The Bertz CT molecular complexity index is 1010. The summed E-state index contributed by atoms with van der Waals surface area (Å²) in [5, 5.41) is 13.6. The molecule has 1 N–H and O–H groups in total. The number of hydrogen-bond donors (Lipinski definition) is 1. The number of benzene rings is 2. The Balaban J connectivity index is 2.00. The summed E-state index contributed by atoms with van der Waals surface area (Å²) >= 11 is 0. The summed E-state index contributed by atoms with van der Waals surface area (Å²) in [4.78, 5) is 22.6. The second-order valence-electron chi connectivity index (χ2n) is 6.63. The van der Waals surface area contributed by atoms with E-state index in [1.54, 1.807) is 44.2 Å². The van der Waals surface area contributed by atoms with Gasteiger partial charge in [0.2, 0.25) is 15.9 Å². The van der Waals surface area contributed by atoms with E-state index in [4.69, 9.17) is 0 Å². The van der Waals surface area contributed by atoms with Gasteiger partial charge in [-0.15, -0.1) is 0 Å². The predicted octanol–water partition coefficient (Wildman–Crippen LogP) is 2.95. The van der Waals surface area contributed by atoms with Crippen LogP contribution in [0.1, 0.15) is 25.0 Å². The van der Waals surface area contributed by atoms with E-state index in [1.807, 2.05) is 0 Å². The number of amides is 1. The molecule has 2 aromatic rings. The SMILES string of the molecule is CC(C)N(C)S(=O)(=O)c1ccc(CNC(=O)C=Cc2ccccc2[N+](=O)[O-])cc1. The Kier molecular flexibility index (Phi) is 7.24. The largest absolute Gasteiger partial charge is 0.348 e. The number of nitro benzene ring substituents is 1. The maximum absolute atomic E-state index is 12.4. The van der Waals surface area contributed by atoms with Gasteiger partial charge in [0.15, 0.2) is 0 Å². The van der Waals surface area contributed by atoms with Gasteiger partial charge in [0.25, 0.3) is 5.69 Å². The maximum atomic E-state index is 12.4. The first-order chi connectivity index (χ1) is 13.6. The third-order valence-electron chi connectivity index (χ3n) is 4.34. The Labute approximate surface area is 170 Å². The fourth-order valence-electron chi connectivity index (χ4n) is 2.43. The Morgan fingerprint density at radius 1 is 1.17 bits per heavy atom. The minimum atomic E-state index is -3.56. The molecular weight excluding hydrogens is 394 g/mol. The van der Waals surface area contributed by atoms with E-state index in [0.29, 0.717) is 5.56 Å². The number of nitro groups is 1. The van der Waals surface area contributed by atoms with E-state index in [0.717, 1.165) is 5.56 Å². The van der Waals surface area contributed by atoms with Gasteiger partial charge in [-0.3, -0.25) is 14.9 Å². The van der Waals surface area contributed by atoms with Crippen LogP contribution in [0.3, 0.4) is 0 Å². The molecule has 0 atom stereocenters. The quantitative estimate of drug-likeness (QED) is 0.403. The number of carbonyl (C=O) groups is 1. The highest BCUT2D eigenvalue weighted by Crippen LogP contribution is 2.19. The summed E-state index contributed by atoms with van der Waals surface area (Å²) in [6, 6.07) is 12.2. The molecule has 0 aliphatic heterocycles. The molecule has 0 aliphatic rings. The summed E-state index contributed by atoms with van der Waals surface area (Å²) in [7, 11) is -2.03. The van der Waals surface area contributed by atoms with E-state index in [-0.39, 0.29) is 23.2 Å². The van der Waals surface area contributed by atoms with Crippen molar-refractivity contribution in [2.45, 2.75) is 31.3 Å². The molecule has 0 spiro atoms. The number of para-hydroxylation sites is 1. The molecular formula is C20H23N3O5S. The first-order valence-electron chi connectivity index (χ1n) is 8.89. The average molecular weight is 417 g/mol. The van der Waals surface area contributed by atoms with Crippen molar-refractivity contribution in [3.63, 3.8) is 0 Å². The maximum Gasteiger partial charge on any atom is 0.276 e. The van der Waals surface area contributed by atoms with Crippen LogP contribution in [0.4, 0.5) is 5.69 Å². The zero-order valence-electron chi connectivity index (χ0n) is 16.4. The topological polar surface area (TPSA) is 110 Å². The van der Waals surface area contributed by atoms with Crippen LogP contribution in [0.15, 0.2) is 59.5 Å². The standard InChI is InChI=1S/C20H23N3O5S/c1-15(2)22(3)29(27,28)18-11-8-16(9-12-18)14-21-20(24)13-10-17-6-4-5-7-19(17)23(25)26/h4-13,15H,14H2,1-3H3,(H,21,24). The highest BCUT2D eigenvalue weighted by atomic mass is 32.2. The van der Waals surface area contributed by atoms with Gasteiger partial charge in [0.05, 0.1) is 15.4 Å². The fourth-order valence-corrected chi connectivity index (χ4v) is 3.80. The molecule has 0 bridgehead atoms. The van der Waals surface area contributed by atoms with E-state index in [2.05, 4.69) is 5.32 Å². The summed E-state index contributed by atoms with van der Waals surface area (Å²) in [5.41, 5.74) is 0.972. The molecule has 0 saturated carbocycles. The fraction of sp³-hybridized carbons (Fsp3) is 0.250. The van der Waals surface area contributed by atoms with Gasteiger partial charge in [-0.25, -0.2) is 8.42 Å². The van der Waals surface area contributed by atoms with Crippen LogP contribution in [0.2, 0.25) is 0 Å². The van der Waals surface area contributed by atoms with Crippen LogP contribution in [0.5, 0.6) is 0 Å². The third kappa shape index (κ3) is 5.72. The van der Waals surface area contributed by atoms with Crippen molar-refractivity contribution in [2.75, 3.05) is 7.05 Å². The van der Waals surface area contributed by atoms with Crippen LogP contribution in [0.25, 0.3) is 6.08 Å². The summed E-state index contributed by atoms with van der Waals surface area (Å²) in [6.07, 6.45) is 2.60. The minimum absolute atomic E-state index is 0.0836.